The molecule has 0 saturated carbocycles. The van der Waals surface area contributed by atoms with Crippen LogP contribution in [0.15, 0.2) is 10.9 Å². The minimum atomic E-state index is -0.108. The van der Waals surface area contributed by atoms with Gasteiger partial charge in [0.25, 0.3) is 11.3 Å². The van der Waals surface area contributed by atoms with Crippen LogP contribution in [0.25, 0.3) is 5.78 Å². The third-order valence-corrected chi connectivity index (χ3v) is 3.10. The van der Waals surface area contributed by atoms with E-state index in [0.29, 0.717) is 11.5 Å². The van der Waals surface area contributed by atoms with E-state index in [0.717, 1.165) is 19.0 Å². The first-order valence-electron chi connectivity index (χ1n) is 5.95. The molecule has 1 aliphatic heterocycles. The smallest absolute Gasteiger partial charge is 0.274 e. The molecule has 0 aliphatic carbocycles. The first-order chi connectivity index (χ1) is 8.24. The lowest BCUT2D eigenvalue weighted by Crippen LogP contribution is -2.30. The number of nitrogens with zero attached hydrogens (tertiary/aromatic N) is 4. The van der Waals surface area contributed by atoms with Crippen molar-refractivity contribution >= 4 is 11.7 Å². The molecule has 3 heterocycles. The number of anilines is 1. The maximum atomic E-state index is 11.7. The summed E-state index contributed by atoms with van der Waals surface area (Å²) in [5.41, 5.74) is 0.593. The van der Waals surface area contributed by atoms with E-state index in [4.69, 9.17) is 0 Å². The third-order valence-electron chi connectivity index (χ3n) is 3.10. The van der Waals surface area contributed by atoms with Gasteiger partial charge in [0.2, 0.25) is 5.95 Å². The van der Waals surface area contributed by atoms with Gasteiger partial charge < -0.3 is 4.90 Å². The van der Waals surface area contributed by atoms with Crippen LogP contribution in [0.2, 0.25) is 0 Å². The maximum Gasteiger partial charge on any atom is 0.274 e. The van der Waals surface area contributed by atoms with E-state index in [2.05, 4.69) is 20.0 Å². The van der Waals surface area contributed by atoms with Gasteiger partial charge >= 0.3 is 0 Å². The van der Waals surface area contributed by atoms with Crippen molar-refractivity contribution in [3.05, 3.63) is 22.1 Å². The van der Waals surface area contributed by atoms with Crippen LogP contribution >= 0.6 is 0 Å². The van der Waals surface area contributed by atoms with Crippen LogP contribution < -0.4 is 10.5 Å². The van der Waals surface area contributed by atoms with E-state index in [9.17, 15) is 4.79 Å². The number of piperidine rings is 1. The van der Waals surface area contributed by atoms with Crippen molar-refractivity contribution in [2.24, 2.45) is 0 Å². The van der Waals surface area contributed by atoms with E-state index in [1.54, 1.807) is 6.92 Å². The molecule has 0 radical (unpaired) electrons. The number of aryl methyl sites for hydroxylation is 1. The van der Waals surface area contributed by atoms with Crippen molar-refractivity contribution < 1.29 is 0 Å². The molecule has 3 rings (SSSR count). The average molecular weight is 233 g/mol. The van der Waals surface area contributed by atoms with Gasteiger partial charge in [0.05, 0.1) is 0 Å². The summed E-state index contributed by atoms with van der Waals surface area (Å²) >= 11 is 0. The number of nitrogens with one attached hydrogen (secondary N) is 1. The molecule has 1 aliphatic rings. The van der Waals surface area contributed by atoms with Crippen LogP contribution in [0.5, 0.6) is 0 Å². The van der Waals surface area contributed by atoms with Crippen LogP contribution in [0.1, 0.15) is 25.0 Å². The Morgan fingerprint density at radius 3 is 2.76 bits per heavy atom. The van der Waals surface area contributed by atoms with Gasteiger partial charge in [-0.3, -0.25) is 9.89 Å². The van der Waals surface area contributed by atoms with Gasteiger partial charge in [-0.05, 0) is 26.2 Å². The number of fused-ring (bicyclic) bond motifs is 1. The second-order valence-corrected chi connectivity index (χ2v) is 4.47. The van der Waals surface area contributed by atoms with Crippen molar-refractivity contribution in [2.75, 3.05) is 18.0 Å². The van der Waals surface area contributed by atoms with Gasteiger partial charge in [-0.15, -0.1) is 0 Å². The zero-order chi connectivity index (χ0) is 11.8. The second kappa shape index (κ2) is 3.87. The van der Waals surface area contributed by atoms with E-state index in [-0.39, 0.29) is 5.56 Å². The highest BCUT2D eigenvalue weighted by atomic mass is 16.1. The lowest BCUT2D eigenvalue weighted by atomic mass is 10.1. The lowest BCUT2D eigenvalue weighted by molar-refractivity contribution is 0.568. The first-order valence-corrected chi connectivity index (χ1v) is 5.95. The topological polar surface area (TPSA) is 66.3 Å². The van der Waals surface area contributed by atoms with Crippen molar-refractivity contribution in [1.29, 1.82) is 0 Å². The molecule has 90 valence electrons. The Kier molecular flexibility index (Phi) is 2.35. The monoisotopic (exact) mass is 233 g/mol. The number of hydrogen-bond acceptors (Lipinski definition) is 4. The number of H-pyrrole nitrogens is 1. The SMILES string of the molecule is Cc1cc(=O)n2[nH]c(N3CCCCC3)nc2n1. The summed E-state index contributed by atoms with van der Waals surface area (Å²) in [7, 11) is 0. The molecule has 6 heteroatoms. The van der Waals surface area contributed by atoms with Crippen LogP contribution in [-0.4, -0.2) is 32.7 Å². The minimum Gasteiger partial charge on any atom is -0.341 e. The molecule has 0 atom stereocenters. The normalized spacial score (nSPS) is 16.6. The molecule has 0 unspecified atom stereocenters. The zero-order valence-corrected chi connectivity index (χ0v) is 9.81. The Hall–Kier alpha value is -1.85. The Morgan fingerprint density at radius 2 is 2.00 bits per heavy atom. The van der Waals surface area contributed by atoms with Crippen LogP contribution in [0.3, 0.4) is 0 Å². The molecule has 2 aromatic heterocycles. The largest absolute Gasteiger partial charge is 0.341 e. The molecule has 1 fully saturated rings. The molecule has 0 aromatic carbocycles. The van der Waals surface area contributed by atoms with Crippen molar-refractivity contribution in [2.45, 2.75) is 26.2 Å². The first kappa shape index (κ1) is 10.3. The summed E-state index contributed by atoms with van der Waals surface area (Å²) in [5.74, 6) is 1.20. The fourth-order valence-electron chi connectivity index (χ4n) is 2.23. The van der Waals surface area contributed by atoms with Gasteiger partial charge in [0.1, 0.15) is 0 Å². The molecular weight excluding hydrogens is 218 g/mol. The molecule has 2 aromatic rings. The van der Waals surface area contributed by atoms with Crippen molar-refractivity contribution in [3.63, 3.8) is 0 Å². The highest BCUT2D eigenvalue weighted by molar-refractivity contribution is 5.39. The summed E-state index contributed by atoms with van der Waals surface area (Å²) in [6.45, 7) is 3.79. The molecular formula is C11H15N5O. The predicted molar refractivity (Wildman–Crippen MR) is 64.4 cm³/mol. The summed E-state index contributed by atoms with van der Waals surface area (Å²) in [6.07, 6.45) is 3.63. The highest BCUT2D eigenvalue weighted by Crippen LogP contribution is 2.15. The van der Waals surface area contributed by atoms with Crippen LogP contribution in [0.4, 0.5) is 5.95 Å². The van der Waals surface area contributed by atoms with E-state index < -0.39 is 0 Å². The minimum absolute atomic E-state index is 0.108. The summed E-state index contributed by atoms with van der Waals surface area (Å²) < 4.78 is 1.40. The quantitative estimate of drug-likeness (QED) is 0.788. The standard InChI is InChI=1S/C11H15N5O/c1-8-7-9(17)16-10(12-8)13-11(14-16)15-5-3-2-4-6-15/h7H,2-6H2,1H3,(H,12,13,14). The molecule has 6 nitrogen and oxygen atoms in total. The number of rotatable bonds is 1. The fourth-order valence-corrected chi connectivity index (χ4v) is 2.23. The van der Waals surface area contributed by atoms with Gasteiger partial charge in [-0.1, -0.05) is 0 Å². The van der Waals surface area contributed by atoms with Crippen molar-refractivity contribution in [1.82, 2.24) is 19.6 Å². The number of aromatic amines is 1. The average Bonchev–Trinajstić information content (AvgIpc) is 2.74. The van der Waals surface area contributed by atoms with Crippen molar-refractivity contribution in [3.8, 4) is 0 Å². The molecule has 1 saturated heterocycles. The zero-order valence-electron chi connectivity index (χ0n) is 9.81. The number of hydrogen-bond donors (Lipinski definition) is 1. The second-order valence-electron chi connectivity index (χ2n) is 4.47. The van der Waals surface area contributed by atoms with Crippen LogP contribution in [0, 0.1) is 6.92 Å². The Labute approximate surface area is 98.3 Å². The molecule has 0 spiro atoms. The summed E-state index contributed by atoms with van der Waals surface area (Å²) in [5, 5.41) is 3.02. The Bertz CT molecular complexity index is 593. The maximum absolute atomic E-state index is 11.7. The summed E-state index contributed by atoms with van der Waals surface area (Å²) in [6, 6.07) is 1.51. The molecule has 1 N–H and O–H groups in total. The molecule has 0 bridgehead atoms. The van der Waals surface area contributed by atoms with E-state index in [1.807, 2.05) is 0 Å². The van der Waals surface area contributed by atoms with E-state index in [1.165, 1.54) is 29.8 Å². The Balaban J connectivity index is 2.06. The molecule has 0 amide bonds. The van der Waals surface area contributed by atoms with Gasteiger partial charge in [0, 0.05) is 24.8 Å². The molecule has 17 heavy (non-hydrogen) atoms. The highest BCUT2D eigenvalue weighted by Gasteiger charge is 2.15. The lowest BCUT2D eigenvalue weighted by Gasteiger charge is -2.25. The van der Waals surface area contributed by atoms with E-state index >= 15 is 0 Å². The van der Waals surface area contributed by atoms with Gasteiger partial charge in [-0.2, -0.15) is 9.50 Å². The third kappa shape index (κ3) is 1.79. The summed E-state index contributed by atoms with van der Waals surface area (Å²) in [4.78, 5) is 22.5. The van der Waals surface area contributed by atoms with Gasteiger partial charge in [-0.25, -0.2) is 4.98 Å². The fraction of sp³-hybridized carbons (Fsp3) is 0.545. The Morgan fingerprint density at radius 1 is 1.24 bits per heavy atom. The van der Waals surface area contributed by atoms with Crippen LogP contribution in [-0.2, 0) is 0 Å². The number of aromatic nitrogens is 4. The predicted octanol–water partition coefficient (Wildman–Crippen LogP) is 0.716. The van der Waals surface area contributed by atoms with Gasteiger partial charge in [0.15, 0.2) is 0 Å².